The second kappa shape index (κ2) is 6.73. The average molecular weight is 308 g/mol. The van der Waals surface area contributed by atoms with Gasteiger partial charge in [-0.15, -0.1) is 0 Å². The molecular weight excluding hydrogens is 288 g/mol. The Kier molecular flexibility index (Phi) is 4.98. The number of benzene rings is 1. The number of hydrogen-bond acceptors (Lipinski definition) is 4. The first kappa shape index (κ1) is 15.5. The monoisotopic (exact) mass is 308 g/mol. The molecule has 0 aliphatic rings. The van der Waals surface area contributed by atoms with Gasteiger partial charge in [-0.25, -0.2) is 13.1 Å². The molecule has 0 saturated heterocycles. The summed E-state index contributed by atoms with van der Waals surface area (Å²) in [5.74, 6) is 0. The van der Waals surface area contributed by atoms with E-state index in [0.29, 0.717) is 25.2 Å². The van der Waals surface area contributed by atoms with Crippen LogP contribution in [-0.2, 0) is 23.5 Å². The van der Waals surface area contributed by atoms with Crippen molar-refractivity contribution < 1.29 is 8.42 Å². The normalized spacial score (nSPS) is 11.5. The van der Waals surface area contributed by atoms with E-state index in [9.17, 15) is 8.42 Å². The zero-order chi connectivity index (χ0) is 15.3. The first-order valence-corrected chi connectivity index (χ1v) is 8.32. The molecule has 0 amide bonds. The van der Waals surface area contributed by atoms with Crippen LogP contribution in [0.2, 0.25) is 0 Å². The van der Waals surface area contributed by atoms with Crippen molar-refractivity contribution >= 4 is 15.7 Å². The topological polar surface area (TPSA) is 76.0 Å². The molecular formula is C14H20N4O2S. The van der Waals surface area contributed by atoms with Crippen molar-refractivity contribution in [2.75, 3.05) is 18.4 Å². The SMILES string of the molecule is CCNc1ccccc1S(=O)(=O)NCCc1ccn(C)n1. The van der Waals surface area contributed by atoms with Crippen molar-refractivity contribution in [2.45, 2.75) is 18.2 Å². The molecule has 0 aliphatic heterocycles. The molecule has 0 spiro atoms. The zero-order valence-electron chi connectivity index (χ0n) is 12.2. The Bertz CT molecular complexity index is 695. The number of para-hydroxylation sites is 1. The van der Waals surface area contributed by atoms with Crippen molar-refractivity contribution in [3.05, 3.63) is 42.2 Å². The second-order valence-electron chi connectivity index (χ2n) is 4.66. The Labute approximate surface area is 125 Å². The fraction of sp³-hybridized carbons (Fsp3) is 0.357. The molecule has 0 bridgehead atoms. The minimum Gasteiger partial charge on any atom is -0.384 e. The van der Waals surface area contributed by atoms with Gasteiger partial charge in [0.1, 0.15) is 4.90 Å². The molecule has 7 heteroatoms. The van der Waals surface area contributed by atoms with E-state index in [1.165, 1.54) is 0 Å². The number of rotatable bonds is 7. The van der Waals surface area contributed by atoms with Gasteiger partial charge in [0, 0.05) is 32.8 Å². The molecule has 114 valence electrons. The molecule has 1 aromatic heterocycles. The number of nitrogens with zero attached hydrogens (tertiary/aromatic N) is 2. The van der Waals surface area contributed by atoms with E-state index >= 15 is 0 Å². The maximum atomic E-state index is 12.3. The predicted molar refractivity (Wildman–Crippen MR) is 82.7 cm³/mol. The molecule has 0 unspecified atom stereocenters. The number of hydrogen-bond donors (Lipinski definition) is 2. The largest absolute Gasteiger partial charge is 0.384 e. The standard InChI is InChI=1S/C14H20N4O2S/c1-3-15-13-6-4-5-7-14(13)21(19,20)16-10-8-12-9-11-18(2)17-12/h4-7,9,11,15-16H,3,8,10H2,1-2H3. The summed E-state index contributed by atoms with van der Waals surface area (Å²) in [6.07, 6.45) is 2.40. The first-order chi connectivity index (χ1) is 10.0. The molecule has 2 N–H and O–H groups in total. The highest BCUT2D eigenvalue weighted by Gasteiger charge is 2.17. The van der Waals surface area contributed by atoms with Gasteiger partial charge >= 0.3 is 0 Å². The average Bonchev–Trinajstić information content (AvgIpc) is 2.85. The first-order valence-electron chi connectivity index (χ1n) is 6.84. The Morgan fingerprint density at radius 3 is 2.67 bits per heavy atom. The number of anilines is 1. The van der Waals surface area contributed by atoms with E-state index in [-0.39, 0.29) is 4.90 Å². The number of aryl methyl sites for hydroxylation is 1. The maximum Gasteiger partial charge on any atom is 0.242 e. The van der Waals surface area contributed by atoms with Gasteiger partial charge in [-0.1, -0.05) is 12.1 Å². The Morgan fingerprint density at radius 2 is 2.00 bits per heavy atom. The summed E-state index contributed by atoms with van der Waals surface area (Å²) in [5, 5.41) is 7.28. The van der Waals surface area contributed by atoms with E-state index in [0.717, 1.165) is 5.69 Å². The van der Waals surface area contributed by atoms with Crippen LogP contribution in [0.25, 0.3) is 0 Å². The molecule has 1 heterocycles. The quantitative estimate of drug-likeness (QED) is 0.810. The molecule has 6 nitrogen and oxygen atoms in total. The van der Waals surface area contributed by atoms with Crippen LogP contribution in [-0.4, -0.2) is 31.3 Å². The van der Waals surface area contributed by atoms with Gasteiger partial charge in [-0.2, -0.15) is 5.10 Å². The van der Waals surface area contributed by atoms with Crippen LogP contribution in [0.5, 0.6) is 0 Å². The van der Waals surface area contributed by atoms with Crippen molar-refractivity contribution in [3.8, 4) is 0 Å². The van der Waals surface area contributed by atoms with E-state index in [4.69, 9.17) is 0 Å². The number of aromatic nitrogens is 2. The predicted octanol–water partition coefficient (Wildman–Crippen LogP) is 1.37. The summed E-state index contributed by atoms with van der Waals surface area (Å²) in [6, 6.07) is 8.76. The highest BCUT2D eigenvalue weighted by molar-refractivity contribution is 7.89. The fourth-order valence-electron chi connectivity index (χ4n) is 2.03. The molecule has 0 atom stereocenters. The molecule has 0 saturated carbocycles. The number of sulfonamides is 1. The lowest BCUT2D eigenvalue weighted by Gasteiger charge is -2.11. The van der Waals surface area contributed by atoms with E-state index in [2.05, 4.69) is 15.1 Å². The smallest absolute Gasteiger partial charge is 0.242 e. The van der Waals surface area contributed by atoms with Crippen LogP contribution in [0.1, 0.15) is 12.6 Å². The highest BCUT2D eigenvalue weighted by Crippen LogP contribution is 2.20. The molecule has 21 heavy (non-hydrogen) atoms. The van der Waals surface area contributed by atoms with Crippen molar-refractivity contribution in [1.82, 2.24) is 14.5 Å². The summed E-state index contributed by atoms with van der Waals surface area (Å²) in [6.45, 7) is 2.91. The second-order valence-corrected chi connectivity index (χ2v) is 6.39. The Morgan fingerprint density at radius 1 is 1.24 bits per heavy atom. The molecule has 0 aliphatic carbocycles. The van der Waals surface area contributed by atoms with Gasteiger partial charge in [0.05, 0.1) is 11.4 Å². The van der Waals surface area contributed by atoms with Gasteiger partial charge in [0.2, 0.25) is 10.0 Å². The minimum absolute atomic E-state index is 0.271. The van der Waals surface area contributed by atoms with E-state index in [1.54, 1.807) is 22.9 Å². The maximum absolute atomic E-state index is 12.3. The van der Waals surface area contributed by atoms with Crippen LogP contribution >= 0.6 is 0 Å². The summed E-state index contributed by atoms with van der Waals surface area (Å²) in [4.78, 5) is 0.271. The van der Waals surface area contributed by atoms with Gasteiger partial charge < -0.3 is 5.32 Å². The van der Waals surface area contributed by atoms with Crippen molar-refractivity contribution in [3.63, 3.8) is 0 Å². The molecule has 0 fully saturated rings. The Balaban J connectivity index is 2.04. The highest BCUT2D eigenvalue weighted by atomic mass is 32.2. The van der Waals surface area contributed by atoms with Crippen LogP contribution in [0, 0.1) is 0 Å². The number of nitrogens with one attached hydrogen (secondary N) is 2. The third kappa shape index (κ3) is 4.05. The van der Waals surface area contributed by atoms with Gasteiger partial charge in [0.15, 0.2) is 0 Å². The molecule has 2 aromatic rings. The molecule has 2 rings (SSSR count). The molecule has 0 radical (unpaired) electrons. The Hall–Kier alpha value is -1.86. The summed E-state index contributed by atoms with van der Waals surface area (Å²) in [7, 11) is -1.69. The van der Waals surface area contributed by atoms with Gasteiger partial charge in [0.25, 0.3) is 0 Å². The van der Waals surface area contributed by atoms with Crippen LogP contribution in [0.4, 0.5) is 5.69 Å². The van der Waals surface area contributed by atoms with Crippen LogP contribution in [0.15, 0.2) is 41.4 Å². The van der Waals surface area contributed by atoms with Crippen LogP contribution in [0.3, 0.4) is 0 Å². The lowest BCUT2D eigenvalue weighted by molar-refractivity contribution is 0.581. The lowest BCUT2D eigenvalue weighted by Crippen LogP contribution is -2.27. The third-order valence-corrected chi connectivity index (χ3v) is 4.51. The third-order valence-electron chi connectivity index (χ3n) is 2.99. The van der Waals surface area contributed by atoms with E-state index in [1.807, 2.05) is 32.3 Å². The van der Waals surface area contributed by atoms with Gasteiger partial charge in [-0.05, 0) is 25.1 Å². The lowest BCUT2D eigenvalue weighted by atomic mass is 10.3. The van der Waals surface area contributed by atoms with Crippen LogP contribution < -0.4 is 10.0 Å². The zero-order valence-corrected chi connectivity index (χ0v) is 13.0. The summed E-state index contributed by atoms with van der Waals surface area (Å²) in [5.41, 5.74) is 1.48. The minimum atomic E-state index is -3.52. The van der Waals surface area contributed by atoms with Gasteiger partial charge in [-0.3, -0.25) is 4.68 Å². The van der Waals surface area contributed by atoms with Crippen molar-refractivity contribution in [2.24, 2.45) is 7.05 Å². The summed E-state index contributed by atoms with van der Waals surface area (Å²) < 4.78 is 29.0. The van der Waals surface area contributed by atoms with E-state index < -0.39 is 10.0 Å². The fourth-order valence-corrected chi connectivity index (χ4v) is 3.24. The van der Waals surface area contributed by atoms with Crippen molar-refractivity contribution in [1.29, 1.82) is 0 Å². The molecule has 1 aromatic carbocycles. The summed E-state index contributed by atoms with van der Waals surface area (Å²) >= 11 is 0.